The summed E-state index contributed by atoms with van der Waals surface area (Å²) in [4.78, 5) is 23.6. The van der Waals surface area contributed by atoms with Gasteiger partial charge in [-0.3, -0.25) is 9.59 Å². The normalized spacial score (nSPS) is 22.7. The van der Waals surface area contributed by atoms with Crippen LogP contribution < -0.4 is 0 Å². The van der Waals surface area contributed by atoms with Crippen molar-refractivity contribution < 1.29 is 9.59 Å². The molecule has 1 aliphatic rings. The second-order valence-electron chi connectivity index (χ2n) is 5.16. The van der Waals surface area contributed by atoms with E-state index in [4.69, 9.17) is 0 Å². The SMILES string of the molecule is CC(=O)C1CC(C)(C)c2ccccc2C1=O. The average molecular weight is 216 g/mol. The van der Waals surface area contributed by atoms with Gasteiger partial charge >= 0.3 is 0 Å². The van der Waals surface area contributed by atoms with Crippen molar-refractivity contribution in [3.05, 3.63) is 35.4 Å². The van der Waals surface area contributed by atoms with Crippen LogP contribution in [0.5, 0.6) is 0 Å². The van der Waals surface area contributed by atoms with Crippen LogP contribution >= 0.6 is 0 Å². The monoisotopic (exact) mass is 216 g/mol. The molecule has 0 aromatic heterocycles. The van der Waals surface area contributed by atoms with E-state index < -0.39 is 5.92 Å². The maximum Gasteiger partial charge on any atom is 0.173 e. The number of hydrogen-bond acceptors (Lipinski definition) is 2. The highest BCUT2D eigenvalue weighted by Gasteiger charge is 2.39. The van der Waals surface area contributed by atoms with E-state index in [0.29, 0.717) is 6.42 Å². The van der Waals surface area contributed by atoms with Gasteiger partial charge in [0.2, 0.25) is 0 Å². The van der Waals surface area contributed by atoms with E-state index in [2.05, 4.69) is 13.8 Å². The van der Waals surface area contributed by atoms with Gasteiger partial charge in [0.25, 0.3) is 0 Å². The molecular weight excluding hydrogens is 200 g/mol. The fourth-order valence-electron chi connectivity index (χ4n) is 2.52. The molecule has 2 nitrogen and oxygen atoms in total. The fraction of sp³-hybridized carbons (Fsp3) is 0.429. The number of hydrogen-bond donors (Lipinski definition) is 0. The Balaban J connectivity index is 2.58. The Hall–Kier alpha value is -1.44. The number of ketones is 2. The quantitative estimate of drug-likeness (QED) is 0.676. The summed E-state index contributed by atoms with van der Waals surface area (Å²) in [5, 5.41) is 0. The number of carbonyl (C=O) groups excluding carboxylic acids is 2. The zero-order valence-corrected chi connectivity index (χ0v) is 9.91. The van der Waals surface area contributed by atoms with Crippen LogP contribution in [0.2, 0.25) is 0 Å². The molecule has 0 spiro atoms. The van der Waals surface area contributed by atoms with Crippen molar-refractivity contribution in [1.82, 2.24) is 0 Å². The summed E-state index contributed by atoms with van der Waals surface area (Å²) in [6.45, 7) is 5.69. The van der Waals surface area contributed by atoms with Crippen LogP contribution in [0.25, 0.3) is 0 Å². The number of carbonyl (C=O) groups is 2. The summed E-state index contributed by atoms with van der Waals surface area (Å²) in [5.74, 6) is -0.486. The minimum Gasteiger partial charge on any atom is -0.299 e. The topological polar surface area (TPSA) is 34.1 Å². The summed E-state index contributed by atoms with van der Waals surface area (Å²) in [5.41, 5.74) is 1.69. The van der Waals surface area contributed by atoms with Crippen molar-refractivity contribution >= 4 is 11.6 Å². The van der Waals surface area contributed by atoms with Crippen LogP contribution in [0, 0.1) is 5.92 Å². The van der Waals surface area contributed by atoms with Gasteiger partial charge in [-0.15, -0.1) is 0 Å². The minimum absolute atomic E-state index is 0.0116. The van der Waals surface area contributed by atoms with E-state index >= 15 is 0 Å². The highest BCUT2D eigenvalue weighted by Crippen LogP contribution is 2.39. The molecule has 1 aromatic rings. The van der Waals surface area contributed by atoms with Crippen LogP contribution in [-0.2, 0) is 10.2 Å². The lowest BCUT2D eigenvalue weighted by molar-refractivity contribution is -0.120. The van der Waals surface area contributed by atoms with E-state index in [9.17, 15) is 9.59 Å². The van der Waals surface area contributed by atoms with Crippen LogP contribution in [-0.4, -0.2) is 11.6 Å². The van der Waals surface area contributed by atoms with Gasteiger partial charge in [0.05, 0.1) is 5.92 Å². The van der Waals surface area contributed by atoms with Crippen molar-refractivity contribution in [2.24, 2.45) is 5.92 Å². The van der Waals surface area contributed by atoms with Gasteiger partial charge in [-0.25, -0.2) is 0 Å². The van der Waals surface area contributed by atoms with Crippen LogP contribution in [0.15, 0.2) is 24.3 Å². The molecule has 0 radical (unpaired) electrons. The zero-order valence-electron chi connectivity index (χ0n) is 9.91. The van der Waals surface area contributed by atoms with Crippen LogP contribution in [0.1, 0.15) is 43.1 Å². The average Bonchev–Trinajstić information content (AvgIpc) is 2.23. The number of rotatable bonds is 1. The summed E-state index contributed by atoms with van der Waals surface area (Å²) in [6, 6.07) is 7.62. The Morgan fingerprint density at radius 3 is 2.56 bits per heavy atom. The van der Waals surface area contributed by atoms with E-state index in [1.54, 1.807) is 0 Å². The second kappa shape index (κ2) is 3.55. The van der Waals surface area contributed by atoms with E-state index in [1.807, 2.05) is 24.3 Å². The van der Waals surface area contributed by atoms with Crippen molar-refractivity contribution in [1.29, 1.82) is 0 Å². The van der Waals surface area contributed by atoms with E-state index in [-0.39, 0.29) is 17.0 Å². The van der Waals surface area contributed by atoms with Crippen LogP contribution in [0.4, 0.5) is 0 Å². The van der Waals surface area contributed by atoms with Crippen LogP contribution in [0.3, 0.4) is 0 Å². The highest BCUT2D eigenvalue weighted by atomic mass is 16.1. The van der Waals surface area contributed by atoms with Gasteiger partial charge in [-0.05, 0) is 24.3 Å². The van der Waals surface area contributed by atoms with Gasteiger partial charge in [0.1, 0.15) is 5.78 Å². The molecule has 0 bridgehead atoms. The number of Topliss-reactive ketones (excluding diaryl/α,β-unsaturated/α-hetero) is 2. The molecule has 0 amide bonds. The highest BCUT2D eigenvalue weighted by molar-refractivity contribution is 6.12. The van der Waals surface area contributed by atoms with E-state index in [1.165, 1.54) is 6.92 Å². The lowest BCUT2D eigenvalue weighted by Crippen LogP contribution is -2.37. The van der Waals surface area contributed by atoms with Gasteiger partial charge in [-0.1, -0.05) is 38.1 Å². The van der Waals surface area contributed by atoms with Crippen molar-refractivity contribution in [3.63, 3.8) is 0 Å². The van der Waals surface area contributed by atoms with Gasteiger partial charge in [0.15, 0.2) is 5.78 Å². The summed E-state index contributed by atoms with van der Waals surface area (Å²) < 4.78 is 0. The molecular formula is C14H16O2. The van der Waals surface area contributed by atoms with Crippen molar-refractivity contribution in [3.8, 4) is 0 Å². The second-order valence-corrected chi connectivity index (χ2v) is 5.16. The van der Waals surface area contributed by atoms with Gasteiger partial charge in [0, 0.05) is 5.56 Å². The zero-order chi connectivity index (χ0) is 11.9. The van der Waals surface area contributed by atoms with E-state index in [0.717, 1.165) is 11.1 Å². The first-order valence-corrected chi connectivity index (χ1v) is 5.57. The molecule has 0 aliphatic heterocycles. The molecule has 0 fully saturated rings. The van der Waals surface area contributed by atoms with Crippen molar-refractivity contribution in [2.75, 3.05) is 0 Å². The number of benzene rings is 1. The first-order valence-electron chi connectivity index (χ1n) is 5.57. The largest absolute Gasteiger partial charge is 0.299 e. The molecule has 2 rings (SSSR count). The smallest absolute Gasteiger partial charge is 0.173 e. The Bertz CT molecular complexity index is 458. The summed E-state index contributed by atoms with van der Waals surface area (Å²) >= 11 is 0. The molecule has 0 saturated heterocycles. The summed E-state index contributed by atoms with van der Waals surface area (Å²) in [6.07, 6.45) is 0.623. The molecule has 1 aromatic carbocycles. The fourth-order valence-corrected chi connectivity index (χ4v) is 2.52. The standard InChI is InChI=1S/C14H16O2/c1-9(15)11-8-14(2,3)12-7-5-4-6-10(12)13(11)16/h4-7,11H,8H2,1-3H3. The molecule has 16 heavy (non-hydrogen) atoms. The maximum absolute atomic E-state index is 12.1. The maximum atomic E-state index is 12.1. The molecule has 0 heterocycles. The molecule has 0 N–H and O–H groups in total. The Morgan fingerprint density at radius 2 is 1.94 bits per heavy atom. The predicted octanol–water partition coefficient (Wildman–Crippen LogP) is 2.76. The molecule has 84 valence electrons. The lowest BCUT2D eigenvalue weighted by atomic mass is 9.67. The first kappa shape index (κ1) is 11.1. The lowest BCUT2D eigenvalue weighted by Gasteiger charge is -2.35. The van der Waals surface area contributed by atoms with Gasteiger partial charge in [-0.2, -0.15) is 0 Å². The molecule has 0 saturated carbocycles. The molecule has 2 heteroatoms. The third-order valence-electron chi connectivity index (χ3n) is 3.44. The molecule has 1 atom stereocenters. The molecule has 1 aliphatic carbocycles. The number of fused-ring (bicyclic) bond motifs is 1. The Kier molecular flexibility index (Phi) is 2.45. The Labute approximate surface area is 95.7 Å². The predicted molar refractivity (Wildman–Crippen MR) is 62.6 cm³/mol. The third-order valence-corrected chi connectivity index (χ3v) is 3.44. The Morgan fingerprint density at radius 1 is 1.31 bits per heavy atom. The van der Waals surface area contributed by atoms with Crippen molar-refractivity contribution in [2.45, 2.75) is 32.6 Å². The molecule has 1 unspecified atom stereocenters. The minimum atomic E-state index is -0.454. The third kappa shape index (κ3) is 1.58. The first-order chi connectivity index (χ1) is 7.43. The summed E-state index contributed by atoms with van der Waals surface area (Å²) in [7, 11) is 0. The van der Waals surface area contributed by atoms with Gasteiger partial charge < -0.3 is 0 Å².